The highest BCUT2D eigenvalue weighted by atomic mass is 16.2. The van der Waals surface area contributed by atoms with Crippen LogP contribution in [0, 0.1) is 11.3 Å². The molecule has 20 heavy (non-hydrogen) atoms. The third kappa shape index (κ3) is 3.60. The summed E-state index contributed by atoms with van der Waals surface area (Å²) in [6.07, 6.45) is 4.62. The van der Waals surface area contributed by atoms with Crippen LogP contribution in [0.4, 0.5) is 0 Å². The van der Waals surface area contributed by atoms with Crippen molar-refractivity contribution in [2.24, 2.45) is 11.3 Å². The van der Waals surface area contributed by atoms with E-state index in [9.17, 15) is 9.59 Å². The zero-order chi connectivity index (χ0) is 14.8. The molecule has 0 unspecified atom stereocenters. The molecule has 2 saturated heterocycles. The van der Waals surface area contributed by atoms with Crippen molar-refractivity contribution < 1.29 is 9.59 Å². The number of hydrogen-bond acceptors (Lipinski definition) is 3. The topological polar surface area (TPSA) is 40.6 Å². The van der Waals surface area contributed by atoms with Gasteiger partial charge >= 0.3 is 0 Å². The number of piperidine rings is 2. The van der Waals surface area contributed by atoms with E-state index in [2.05, 4.69) is 11.9 Å². The number of Topliss-reactive ketones (excluding diaryl/α,β-unsaturated/α-hetero) is 1. The van der Waals surface area contributed by atoms with Crippen LogP contribution in [0.2, 0.25) is 0 Å². The number of amides is 1. The van der Waals surface area contributed by atoms with Crippen molar-refractivity contribution in [3.63, 3.8) is 0 Å². The Kier molecular flexibility index (Phi) is 4.84. The summed E-state index contributed by atoms with van der Waals surface area (Å²) in [6, 6.07) is 0. The molecule has 2 heterocycles. The molecule has 2 rings (SSSR count). The average molecular weight is 280 g/mol. The minimum atomic E-state index is -0.204. The van der Waals surface area contributed by atoms with Gasteiger partial charge in [-0.3, -0.25) is 9.59 Å². The maximum absolute atomic E-state index is 12.4. The summed E-state index contributed by atoms with van der Waals surface area (Å²) in [5.74, 6) is 1.12. The van der Waals surface area contributed by atoms with E-state index >= 15 is 0 Å². The molecule has 0 aliphatic carbocycles. The smallest absolute Gasteiger partial charge is 0.222 e. The Labute approximate surface area is 122 Å². The number of hydrogen-bond donors (Lipinski definition) is 0. The van der Waals surface area contributed by atoms with Crippen molar-refractivity contribution in [2.75, 3.05) is 33.2 Å². The van der Waals surface area contributed by atoms with Gasteiger partial charge in [-0.25, -0.2) is 0 Å². The lowest BCUT2D eigenvalue weighted by Crippen LogP contribution is -2.45. The molecule has 0 aromatic rings. The average Bonchev–Trinajstić information content (AvgIpc) is 2.42. The van der Waals surface area contributed by atoms with Crippen LogP contribution in [-0.2, 0) is 9.59 Å². The van der Waals surface area contributed by atoms with Gasteiger partial charge in [0.1, 0.15) is 5.78 Å². The molecule has 0 aromatic heterocycles. The number of rotatable bonds is 3. The van der Waals surface area contributed by atoms with Crippen molar-refractivity contribution >= 4 is 11.7 Å². The lowest BCUT2D eigenvalue weighted by Gasteiger charge is -2.38. The van der Waals surface area contributed by atoms with Gasteiger partial charge < -0.3 is 9.80 Å². The number of ketones is 1. The monoisotopic (exact) mass is 280 g/mol. The SMILES string of the molecule is CC(=O)C1(C)CCN(C(=O)CC2CCN(C)CC2)CC1. The third-order valence-corrected chi connectivity index (χ3v) is 5.37. The highest BCUT2D eigenvalue weighted by molar-refractivity contribution is 5.82. The molecule has 4 heteroatoms. The molecular formula is C16H28N2O2. The van der Waals surface area contributed by atoms with E-state index in [0.717, 1.165) is 51.9 Å². The first-order chi connectivity index (χ1) is 9.40. The predicted molar refractivity (Wildman–Crippen MR) is 79.4 cm³/mol. The molecule has 0 radical (unpaired) electrons. The van der Waals surface area contributed by atoms with Gasteiger partial charge in [-0.15, -0.1) is 0 Å². The summed E-state index contributed by atoms with van der Waals surface area (Å²) in [6.45, 7) is 7.44. The largest absolute Gasteiger partial charge is 0.343 e. The number of carbonyl (C=O) groups excluding carboxylic acids is 2. The van der Waals surface area contributed by atoms with E-state index in [0.29, 0.717) is 18.2 Å². The zero-order valence-electron chi connectivity index (χ0n) is 13.2. The second-order valence-electron chi connectivity index (χ2n) is 6.95. The fourth-order valence-electron chi connectivity index (χ4n) is 3.24. The van der Waals surface area contributed by atoms with E-state index in [4.69, 9.17) is 0 Å². The van der Waals surface area contributed by atoms with Crippen molar-refractivity contribution in [1.29, 1.82) is 0 Å². The molecule has 0 bridgehead atoms. The minimum absolute atomic E-state index is 0.204. The Bertz CT molecular complexity index is 365. The molecule has 0 saturated carbocycles. The molecule has 0 spiro atoms. The lowest BCUT2D eigenvalue weighted by molar-refractivity contribution is -0.138. The first-order valence-electron chi connectivity index (χ1n) is 7.88. The highest BCUT2D eigenvalue weighted by Gasteiger charge is 2.35. The summed E-state index contributed by atoms with van der Waals surface area (Å²) in [4.78, 5) is 28.3. The minimum Gasteiger partial charge on any atom is -0.343 e. The molecular weight excluding hydrogens is 252 g/mol. The van der Waals surface area contributed by atoms with E-state index in [1.165, 1.54) is 0 Å². The first kappa shape index (κ1) is 15.5. The van der Waals surface area contributed by atoms with E-state index in [-0.39, 0.29) is 11.2 Å². The van der Waals surface area contributed by atoms with Gasteiger partial charge in [-0.2, -0.15) is 0 Å². The molecule has 1 amide bonds. The van der Waals surface area contributed by atoms with Crippen LogP contribution in [0.5, 0.6) is 0 Å². The summed E-state index contributed by atoms with van der Waals surface area (Å²) in [5.41, 5.74) is -0.204. The number of carbonyl (C=O) groups is 2. The molecule has 0 atom stereocenters. The van der Waals surface area contributed by atoms with Gasteiger partial charge in [-0.1, -0.05) is 6.92 Å². The maximum atomic E-state index is 12.4. The molecule has 4 nitrogen and oxygen atoms in total. The Balaban J connectivity index is 1.79. The molecule has 114 valence electrons. The van der Waals surface area contributed by atoms with Crippen LogP contribution in [0.15, 0.2) is 0 Å². The van der Waals surface area contributed by atoms with Crippen LogP contribution in [0.1, 0.15) is 46.0 Å². The third-order valence-electron chi connectivity index (χ3n) is 5.37. The molecule has 2 fully saturated rings. The molecule has 2 aliphatic heterocycles. The van der Waals surface area contributed by atoms with E-state index < -0.39 is 0 Å². The van der Waals surface area contributed by atoms with Crippen LogP contribution >= 0.6 is 0 Å². The van der Waals surface area contributed by atoms with Gasteiger partial charge in [0.05, 0.1) is 0 Å². The Morgan fingerprint density at radius 1 is 1.10 bits per heavy atom. The second kappa shape index (κ2) is 6.25. The second-order valence-corrected chi connectivity index (χ2v) is 6.95. The van der Waals surface area contributed by atoms with E-state index in [1.807, 2.05) is 11.8 Å². The van der Waals surface area contributed by atoms with Gasteiger partial charge in [0.25, 0.3) is 0 Å². The summed E-state index contributed by atoms with van der Waals surface area (Å²) < 4.78 is 0. The number of likely N-dealkylation sites (tertiary alicyclic amines) is 2. The highest BCUT2D eigenvalue weighted by Crippen LogP contribution is 2.32. The van der Waals surface area contributed by atoms with Crippen LogP contribution in [0.25, 0.3) is 0 Å². The quantitative estimate of drug-likeness (QED) is 0.793. The molecule has 0 N–H and O–H groups in total. The van der Waals surface area contributed by atoms with Crippen molar-refractivity contribution in [3.8, 4) is 0 Å². The van der Waals surface area contributed by atoms with Crippen LogP contribution in [0.3, 0.4) is 0 Å². The van der Waals surface area contributed by atoms with Gasteiger partial charge in [0.2, 0.25) is 5.91 Å². The zero-order valence-corrected chi connectivity index (χ0v) is 13.2. The molecule has 2 aliphatic rings. The van der Waals surface area contributed by atoms with Crippen molar-refractivity contribution in [3.05, 3.63) is 0 Å². The Morgan fingerprint density at radius 3 is 2.15 bits per heavy atom. The Morgan fingerprint density at radius 2 is 1.65 bits per heavy atom. The fourth-order valence-corrected chi connectivity index (χ4v) is 3.24. The van der Waals surface area contributed by atoms with Gasteiger partial charge in [0.15, 0.2) is 0 Å². The first-order valence-corrected chi connectivity index (χ1v) is 7.88. The molecule has 0 aromatic carbocycles. The van der Waals surface area contributed by atoms with Crippen molar-refractivity contribution in [2.45, 2.75) is 46.0 Å². The van der Waals surface area contributed by atoms with E-state index in [1.54, 1.807) is 6.92 Å². The predicted octanol–water partition coefficient (Wildman–Crippen LogP) is 1.94. The van der Waals surface area contributed by atoms with Crippen molar-refractivity contribution in [1.82, 2.24) is 9.80 Å². The van der Waals surface area contributed by atoms with Crippen LogP contribution < -0.4 is 0 Å². The normalized spacial score (nSPS) is 24.6. The number of nitrogens with zero attached hydrogens (tertiary/aromatic N) is 2. The van der Waals surface area contributed by atoms with Gasteiger partial charge in [-0.05, 0) is 58.7 Å². The maximum Gasteiger partial charge on any atom is 0.222 e. The summed E-state index contributed by atoms with van der Waals surface area (Å²) in [5, 5.41) is 0. The lowest BCUT2D eigenvalue weighted by atomic mass is 9.77. The fraction of sp³-hybridized carbons (Fsp3) is 0.875. The summed E-state index contributed by atoms with van der Waals surface area (Å²) in [7, 11) is 2.14. The Hall–Kier alpha value is -0.900. The standard InChI is InChI=1S/C16H28N2O2/c1-13(19)16(2)6-10-18(11-7-16)15(20)12-14-4-8-17(3)9-5-14/h14H,4-12H2,1-3H3. The van der Waals surface area contributed by atoms with Gasteiger partial charge in [0, 0.05) is 24.9 Å². The summed E-state index contributed by atoms with van der Waals surface area (Å²) >= 11 is 0. The van der Waals surface area contributed by atoms with Crippen LogP contribution in [-0.4, -0.2) is 54.7 Å².